The average molecular weight is 347 g/mol. The Balaban J connectivity index is 0.00000169. The molecule has 1 atom stereocenters. The summed E-state index contributed by atoms with van der Waals surface area (Å²) >= 11 is 0. The van der Waals surface area contributed by atoms with Crippen LogP contribution in [-0.2, 0) is 0 Å². The number of carbonyl (C=O) groups excluding carboxylic acids is 1. The van der Waals surface area contributed by atoms with Crippen LogP contribution in [0.15, 0.2) is 36.4 Å². The van der Waals surface area contributed by atoms with Gasteiger partial charge in [0.2, 0.25) is 0 Å². The standard InChI is InChI=1S/C19H22N2O2.ClH/c1-23-18-11-15-5-3-2-4-14(15)10-16(18)19(22)20-17-12-21-8-6-13(17)7-9-21;/h2-5,10-11,13,17H,6-9,12H2,1H3,(H,20,22);1H. The topological polar surface area (TPSA) is 41.6 Å². The predicted molar refractivity (Wildman–Crippen MR) is 98.2 cm³/mol. The lowest BCUT2D eigenvalue weighted by Crippen LogP contribution is -2.57. The minimum Gasteiger partial charge on any atom is -0.496 e. The molecule has 128 valence electrons. The largest absolute Gasteiger partial charge is 0.496 e. The van der Waals surface area contributed by atoms with Gasteiger partial charge < -0.3 is 15.0 Å². The lowest BCUT2D eigenvalue weighted by Gasteiger charge is -2.44. The zero-order chi connectivity index (χ0) is 15.8. The molecule has 0 aromatic heterocycles. The van der Waals surface area contributed by atoms with Crippen molar-refractivity contribution in [2.75, 3.05) is 26.7 Å². The molecule has 5 rings (SSSR count). The molecule has 1 unspecified atom stereocenters. The van der Waals surface area contributed by atoms with Crippen molar-refractivity contribution < 1.29 is 9.53 Å². The molecule has 2 bridgehead atoms. The van der Waals surface area contributed by atoms with Gasteiger partial charge in [0.1, 0.15) is 5.75 Å². The number of hydrogen-bond donors (Lipinski definition) is 1. The van der Waals surface area contributed by atoms with Crippen molar-refractivity contribution >= 4 is 29.1 Å². The molecule has 3 fully saturated rings. The molecule has 0 aliphatic carbocycles. The highest BCUT2D eigenvalue weighted by Crippen LogP contribution is 2.29. The van der Waals surface area contributed by atoms with Crippen LogP contribution >= 0.6 is 12.4 Å². The maximum atomic E-state index is 12.8. The quantitative estimate of drug-likeness (QED) is 0.928. The molecule has 4 nitrogen and oxygen atoms in total. The van der Waals surface area contributed by atoms with E-state index in [0.29, 0.717) is 17.2 Å². The number of ether oxygens (including phenoxy) is 1. The van der Waals surface area contributed by atoms with Gasteiger partial charge in [0.05, 0.1) is 12.7 Å². The minimum absolute atomic E-state index is 0. The monoisotopic (exact) mass is 346 g/mol. The highest BCUT2D eigenvalue weighted by atomic mass is 35.5. The number of halogens is 1. The molecule has 0 saturated carbocycles. The van der Waals surface area contributed by atoms with Crippen molar-refractivity contribution in [1.29, 1.82) is 0 Å². The highest BCUT2D eigenvalue weighted by molar-refractivity contribution is 6.01. The molecule has 24 heavy (non-hydrogen) atoms. The fourth-order valence-corrected chi connectivity index (χ4v) is 3.94. The van der Waals surface area contributed by atoms with E-state index in [0.717, 1.165) is 17.3 Å². The van der Waals surface area contributed by atoms with Crippen LogP contribution < -0.4 is 10.1 Å². The van der Waals surface area contributed by atoms with E-state index in [1.165, 1.54) is 25.9 Å². The molecule has 3 saturated heterocycles. The van der Waals surface area contributed by atoms with Crippen molar-refractivity contribution in [3.05, 3.63) is 42.0 Å². The summed E-state index contributed by atoms with van der Waals surface area (Å²) < 4.78 is 5.45. The number of hydrogen-bond acceptors (Lipinski definition) is 3. The Morgan fingerprint density at radius 1 is 1.17 bits per heavy atom. The van der Waals surface area contributed by atoms with Crippen molar-refractivity contribution in [2.24, 2.45) is 5.92 Å². The van der Waals surface area contributed by atoms with Crippen molar-refractivity contribution in [3.8, 4) is 5.75 Å². The second-order valence-corrected chi connectivity index (χ2v) is 6.62. The van der Waals surface area contributed by atoms with E-state index < -0.39 is 0 Å². The van der Waals surface area contributed by atoms with Crippen LogP contribution in [0.5, 0.6) is 5.75 Å². The summed E-state index contributed by atoms with van der Waals surface area (Å²) in [6, 6.07) is 12.2. The Labute approximate surface area is 148 Å². The molecule has 5 heteroatoms. The van der Waals surface area contributed by atoms with Gasteiger partial charge in [-0.05, 0) is 54.8 Å². The molecule has 2 aromatic rings. The summed E-state index contributed by atoms with van der Waals surface area (Å²) in [5.41, 5.74) is 0.627. The summed E-state index contributed by atoms with van der Waals surface area (Å²) in [6.45, 7) is 3.33. The van der Waals surface area contributed by atoms with Crippen molar-refractivity contribution in [3.63, 3.8) is 0 Å². The van der Waals surface area contributed by atoms with E-state index in [4.69, 9.17) is 4.74 Å². The lowest BCUT2D eigenvalue weighted by atomic mass is 9.84. The zero-order valence-electron chi connectivity index (χ0n) is 13.8. The lowest BCUT2D eigenvalue weighted by molar-refractivity contribution is 0.0619. The predicted octanol–water partition coefficient (Wildman–Crippen LogP) is 3.09. The number of nitrogens with one attached hydrogen (secondary N) is 1. The van der Waals surface area contributed by atoms with Crippen molar-refractivity contribution in [2.45, 2.75) is 18.9 Å². The first kappa shape index (κ1) is 17.1. The summed E-state index contributed by atoms with van der Waals surface area (Å²) in [5.74, 6) is 1.24. The second kappa shape index (κ2) is 6.99. The molecule has 3 aliphatic heterocycles. The number of amides is 1. The first-order valence-corrected chi connectivity index (χ1v) is 8.34. The second-order valence-electron chi connectivity index (χ2n) is 6.62. The van der Waals surface area contributed by atoms with Gasteiger partial charge >= 0.3 is 0 Å². The first-order chi connectivity index (χ1) is 11.2. The third-order valence-corrected chi connectivity index (χ3v) is 5.29. The summed E-state index contributed by atoms with van der Waals surface area (Å²) in [5, 5.41) is 5.39. The van der Waals surface area contributed by atoms with Crippen LogP contribution in [0.3, 0.4) is 0 Å². The number of fused-ring (bicyclic) bond motifs is 4. The third kappa shape index (κ3) is 3.08. The van der Waals surface area contributed by atoms with Gasteiger partial charge in [0.15, 0.2) is 0 Å². The minimum atomic E-state index is -0.0219. The maximum absolute atomic E-state index is 12.8. The van der Waals surface area contributed by atoms with Crippen LogP contribution in [0.1, 0.15) is 23.2 Å². The normalized spacial score (nSPS) is 25.1. The van der Waals surface area contributed by atoms with E-state index in [-0.39, 0.29) is 24.4 Å². The number of carbonyl (C=O) groups is 1. The van der Waals surface area contributed by atoms with Crippen LogP contribution in [0.4, 0.5) is 0 Å². The van der Waals surface area contributed by atoms with E-state index in [1.807, 2.05) is 36.4 Å². The Morgan fingerprint density at radius 2 is 1.83 bits per heavy atom. The van der Waals surface area contributed by atoms with Gasteiger partial charge in [0.25, 0.3) is 5.91 Å². The molecule has 1 N–H and O–H groups in total. The van der Waals surface area contributed by atoms with Gasteiger partial charge in [-0.2, -0.15) is 0 Å². The van der Waals surface area contributed by atoms with Crippen LogP contribution in [-0.4, -0.2) is 43.6 Å². The number of nitrogens with zero attached hydrogens (tertiary/aromatic N) is 1. The molecule has 3 aliphatic rings. The molecular weight excluding hydrogens is 324 g/mol. The molecular formula is C19H23ClN2O2. The Hall–Kier alpha value is -1.78. The van der Waals surface area contributed by atoms with Gasteiger partial charge in [-0.15, -0.1) is 12.4 Å². The Kier molecular flexibility index (Phi) is 4.97. The summed E-state index contributed by atoms with van der Waals surface area (Å²) in [6.07, 6.45) is 2.39. The van der Waals surface area contributed by atoms with E-state index in [9.17, 15) is 4.79 Å². The number of benzene rings is 2. The maximum Gasteiger partial charge on any atom is 0.255 e. The number of rotatable bonds is 3. The number of methoxy groups -OCH3 is 1. The molecule has 1 amide bonds. The first-order valence-electron chi connectivity index (χ1n) is 8.34. The summed E-state index contributed by atoms with van der Waals surface area (Å²) in [7, 11) is 1.62. The van der Waals surface area contributed by atoms with Crippen LogP contribution in [0.2, 0.25) is 0 Å². The van der Waals surface area contributed by atoms with E-state index in [1.54, 1.807) is 7.11 Å². The average Bonchev–Trinajstić information content (AvgIpc) is 2.61. The summed E-state index contributed by atoms with van der Waals surface area (Å²) in [4.78, 5) is 15.2. The van der Waals surface area contributed by atoms with Crippen LogP contribution in [0.25, 0.3) is 10.8 Å². The van der Waals surface area contributed by atoms with Gasteiger partial charge in [-0.1, -0.05) is 24.3 Å². The number of piperidine rings is 3. The van der Waals surface area contributed by atoms with Gasteiger partial charge in [0, 0.05) is 12.6 Å². The molecule has 0 radical (unpaired) electrons. The van der Waals surface area contributed by atoms with E-state index in [2.05, 4.69) is 10.2 Å². The van der Waals surface area contributed by atoms with Crippen LogP contribution in [0, 0.1) is 5.92 Å². The van der Waals surface area contributed by atoms with E-state index >= 15 is 0 Å². The molecule has 0 spiro atoms. The van der Waals surface area contributed by atoms with Gasteiger partial charge in [-0.3, -0.25) is 4.79 Å². The fraction of sp³-hybridized carbons (Fsp3) is 0.421. The van der Waals surface area contributed by atoms with Crippen molar-refractivity contribution in [1.82, 2.24) is 10.2 Å². The Bertz CT molecular complexity index is 741. The highest BCUT2D eigenvalue weighted by Gasteiger charge is 2.35. The molecule has 3 heterocycles. The third-order valence-electron chi connectivity index (χ3n) is 5.29. The fourth-order valence-electron chi connectivity index (χ4n) is 3.94. The smallest absolute Gasteiger partial charge is 0.255 e. The SMILES string of the molecule is COc1cc2ccccc2cc1C(=O)NC1CN2CCC1CC2.Cl. The molecule has 2 aromatic carbocycles. The zero-order valence-corrected chi connectivity index (χ0v) is 14.6. The van der Waals surface area contributed by atoms with Gasteiger partial charge in [-0.25, -0.2) is 0 Å². The Morgan fingerprint density at radius 3 is 2.42 bits per heavy atom.